The largest absolute Gasteiger partial charge is 0.348 e. The minimum absolute atomic E-state index is 0. The van der Waals surface area contributed by atoms with Gasteiger partial charge in [-0.2, -0.15) is 0 Å². The first-order valence-corrected chi connectivity index (χ1v) is 7.15. The normalized spacial score (nSPS) is 10.0. The Kier molecular flexibility index (Phi) is 9.48. The summed E-state index contributed by atoms with van der Waals surface area (Å²) in [4.78, 5) is 32.9. The molecule has 0 atom stereocenters. The van der Waals surface area contributed by atoms with Gasteiger partial charge in [0.15, 0.2) is 5.82 Å². The Morgan fingerprint density at radius 2 is 1.87 bits per heavy atom. The van der Waals surface area contributed by atoms with Gasteiger partial charge in [0.05, 0.1) is 10.9 Å². The maximum absolute atomic E-state index is 12.0. The topological polar surface area (TPSA) is 78.1 Å². The van der Waals surface area contributed by atoms with Gasteiger partial charge in [0, 0.05) is 13.1 Å². The van der Waals surface area contributed by atoms with Crippen LogP contribution in [0.3, 0.4) is 0 Å². The zero-order valence-electron chi connectivity index (χ0n) is 13.2. The van der Waals surface area contributed by atoms with Crippen molar-refractivity contribution in [3.63, 3.8) is 0 Å². The molecule has 23 heavy (non-hydrogen) atoms. The lowest BCUT2D eigenvalue weighted by Gasteiger charge is -2.17. The molecule has 1 aromatic carbocycles. The Labute approximate surface area is 147 Å². The van der Waals surface area contributed by atoms with E-state index in [1.54, 1.807) is 24.3 Å². The maximum atomic E-state index is 12.0. The zero-order valence-corrected chi connectivity index (χ0v) is 14.8. The van der Waals surface area contributed by atoms with Crippen molar-refractivity contribution in [3.05, 3.63) is 40.4 Å². The van der Waals surface area contributed by atoms with Crippen molar-refractivity contribution in [2.45, 2.75) is 13.8 Å². The van der Waals surface area contributed by atoms with Gasteiger partial charge in [-0.05, 0) is 25.2 Å². The Morgan fingerprint density at radius 3 is 2.52 bits per heavy atom. The molecule has 1 amide bonds. The first-order chi connectivity index (χ1) is 10.2. The van der Waals surface area contributed by atoms with Crippen LogP contribution in [0.25, 0.3) is 10.9 Å². The van der Waals surface area contributed by atoms with E-state index in [0.717, 1.165) is 19.6 Å². The van der Waals surface area contributed by atoms with E-state index in [1.165, 1.54) is 0 Å². The fourth-order valence-corrected chi connectivity index (χ4v) is 2.15. The van der Waals surface area contributed by atoms with E-state index in [9.17, 15) is 9.59 Å². The monoisotopic (exact) mass is 360 g/mol. The van der Waals surface area contributed by atoms with Gasteiger partial charge < -0.3 is 15.2 Å². The number of fused-ring (bicyclic) bond motifs is 1. The molecule has 2 N–H and O–H groups in total. The van der Waals surface area contributed by atoms with Gasteiger partial charge in [0.2, 0.25) is 0 Å². The van der Waals surface area contributed by atoms with Crippen molar-refractivity contribution >= 4 is 41.6 Å². The number of halogens is 2. The second kappa shape index (κ2) is 10.2. The van der Waals surface area contributed by atoms with Crippen LogP contribution in [0.5, 0.6) is 0 Å². The molecule has 6 nitrogen and oxygen atoms in total. The summed E-state index contributed by atoms with van der Waals surface area (Å²) in [7, 11) is 0. The molecule has 0 saturated carbocycles. The molecule has 0 unspecified atom stereocenters. The highest BCUT2D eigenvalue weighted by molar-refractivity contribution is 5.92. The number of nitrogens with one attached hydrogen (secondary N) is 2. The smallest absolute Gasteiger partial charge is 0.287 e. The number of aromatic nitrogens is 2. The average Bonchev–Trinajstić information content (AvgIpc) is 2.51. The molecule has 0 fully saturated rings. The minimum Gasteiger partial charge on any atom is -0.348 e. The summed E-state index contributed by atoms with van der Waals surface area (Å²) < 4.78 is 0. The molecule has 8 heteroatoms. The molecule has 1 heterocycles. The number of nitrogens with zero attached hydrogens (tertiary/aromatic N) is 2. The van der Waals surface area contributed by atoms with Crippen molar-refractivity contribution in [3.8, 4) is 0 Å². The van der Waals surface area contributed by atoms with Crippen LogP contribution in [0.15, 0.2) is 29.1 Å². The summed E-state index contributed by atoms with van der Waals surface area (Å²) in [5.74, 6) is -0.303. The van der Waals surface area contributed by atoms with Crippen LogP contribution >= 0.6 is 24.8 Å². The molecule has 0 radical (unpaired) electrons. The summed E-state index contributed by atoms with van der Waals surface area (Å²) in [5, 5.41) is 3.26. The van der Waals surface area contributed by atoms with Crippen LogP contribution in [0, 0.1) is 0 Å². The van der Waals surface area contributed by atoms with E-state index >= 15 is 0 Å². The number of rotatable bonds is 6. The zero-order chi connectivity index (χ0) is 15.2. The third kappa shape index (κ3) is 5.49. The SMILES string of the molecule is CCN(CC)CCNC(=O)c1nc2ccccc2c(=O)[nH]1.Cl.Cl. The number of likely N-dealkylation sites (N-methyl/N-ethyl adjacent to an activating group) is 1. The van der Waals surface area contributed by atoms with E-state index in [-0.39, 0.29) is 42.1 Å². The van der Waals surface area contributed by atoms with Gasteiger partial charge in [0.1, 0.15) is 0 Å². The number of H-pyrrole nitrogens is 1. The number of carbonyl (C=O) groups excluding carboxylic acids is 1. The highest BCUT2D eigenvalue weighted by Crippen LogP contribution is 2.05. The molecular formula is C15H22Cl2N4O2. The van der Waals surface area contributed by atoms with Crippen molar-refractivity contribution in [2.24, 2.45) is 0 Å². The lowest BCUT2D eigenvalue weighted by Crippen LogP contribution is -2.36. The van der Waals surface area contributed by atoms with E-state index < -0.39 is 0 Å². The fourth-order valence-electron chi connectivity index (χ4n) is 2.15. The second-order valence-electron chi connectivity index (χ2n) is 4.71. The predicted octanol–water partition coefficient (Wildman–Crippen LogP) is 1.84. The highest BCUT2D eigenvalue weighted by atomic mass is 35.5. The summed E-state index contributed by atoms with van der Waals surface area (Å²) in [6, 6.07) is 6.96. The molecule has 0 aliphatic rings. The number of hydrogen-bond acceptors (Lipinski definition) is 4. The third-order valence-electron chi connectivity index (χ3n) is 3.44. The van der Waals surface area contributed by atoms with E-state index in [4.69, 9.17) is 0 Å². The van der Waals surface area contributed by atoms with E-state index in [0.29, 0.717) is 17.4 Å². The van der Waals surface area contributed by atoms with Gasteiger partial charge in [-0.15, -0.1) is 24.8 Å². The van der Waals surface area contributed by atoms with Gasteiger partial charge in [-0.3, -0.25) is 9.59 Å². The summed E-state index contributed by atoms with van der Waals surface area (Å²) in [6.07, 6.45) is 0. The van der Waals surface area contributed by atoms with Crippen molar-refractivity contribution < 1.29 is 4.79 Å². The van der Waals surface area contributed by atoms with Crippen LogP contribution in [-0.2, 0) is 0 Å². The maximum Gasteiger partial charge on any atom is 0.287 e. The predicted molar refractivity (Wildman–Crippen MR) is 97.0 cm³/mol. The van der Waals surface area contributed by atoms with E-state index in [2.05, 4.69) is 34.0 Å². The molecule has 0 spiro atoms. The molecule has 128 valence electrons. The summed E-state index contributed by atoms with van der Waals surface area (Å²) >= 11 is 0. The number of para-hydroxylation sites is 1. The van der Waals surface area contributed by atoms with Crippen LogP contribution in [0.4, 0.5) is 0 Å². The molecule has 0 aliphatic carbocycles. The fraction of sp³-hybridized carbons (Fsp3) is 0.400. The van der Waals surface area contributed by atoms with Crippen molar-refractivity contribution in [1.82, 2.24) is 20.2 Å². The number of hydrogen-bond donors (Lipinski definition) is 2. The first kappa shape index (κ1) is 21.4. The molecule has 0 saturated heterocycles. The van der Waals surface area contributed by atoms with E-state index in [1.807, 2.05) is 0 Å². The van der Waals surface area contributed by atoms with Crippen LogP contribution in [-0.4, -0.2) is 47.0 Å². The number of aromatic amines is 1. The van der Waals surface area contributed by atoms with Crippen molar-refractivity contribution in [2.75, 3.05) is 26.2 Å². The Bertz CT molecular complexity index is 686. The standard InChI is InChI=1S/C15H20N4O2.2ClH/c1-3-19(4-2)10-9-16-15(21)13-17-12-8-6-5-7-11(12)14(20)18-13;;/h5-8H,3-4,9-10H2,1-2H3,(H,16,21)(H,17,18,20);2*1H. The number of benzene rings is 1. The number of carbonyl (C=O) groups is 1. The first-order valence-electron chi connectivity index (χ1n) is 7.15. The van der Waals surface area contributed by atoms with Crippen LogP contribution in [0.2, 0.25) is 0 Å². The van der Waals surface area contributed by atoms with Gasteiger partial charge in [0.25, 0.3) is 11.5 Å². The Hall–Kier alpha value is -1.63. The third-order valence-corrected chi connectivity index (χ3v) is 3.44. The highest BCUT2D eigenvalue weighted by Gasteiger charge is 2.11. The molecule has 1 aromatic heterocycles. The van der Waals surface area contributed by atoms with Gasteiger partial charge in [-0.25, -0.2) is 4.98 Å². The molecule has 0 bridgehead atoms. The van der Waals surface area contributed by atoms with Gasteiger partial charge >= 0.3 is 0 Å². The summed E-state index contributed by atoms with van der Waals surface area (Å²) in [5.41, 5.74) is 0.227. The molecule has 0 aliphatic heterocycles. The second-order valence-corrected chi connectivity index (χ2v) is 4.71. The number of amides is 1. The molecular weight excluding hydrogens is 339 g/mol. The quantitative estimate of drug-likeness (QED) is 0.823. The molecule has 2 aromatic rings. The lowest BCUT2D eigenvalue weighted by molar-refractivity contribution is 0.0938. The summed E-state index contributed by atoms with van der Waals surface area (Å²) in [6.45, 7) is 7.34. The van der Waals surface area contributed by atoms with Gasteiger partial charge in [-0.1, -0.05) is 26.0 Å². The lowest BCUT2D eigenvalue weighted by atomic mass is 10.2. The Morgan fingerprint density at radius 1 is 1.22 bits per heavy atom. The van der Waals surface area contributed by atoms with Crippen LogP contribution in [0.1, 0.15) is 24.5 Å². The van der Waals surface area contributed by atoms with Crippen LogP contribution < -0.4 is 10.9 Å². The average molecular weight is 361 g/mol. The van der Waals surface area contributed by atoms with Crippen molar-refractivity contribution in [1.29, 1.82) is 0 Å². The minimum atomic E-state index is -0.356. The molecule has 2 rings (SSSR count). The Balaban J connectivity index is 0.00000242.